The Kier molecular flexibility index (Phi) is 4.24. The summed E-state index contributed by atoms with van der Waals surface area (Å²) < 4.78 is 17.8. The number of carbonyl (C=O) groups excluding carboxylic acids is 1. The maximum absolute atomic E-state index is 12.4. The van der Waals surface area contributed by atoms with Crippen LogP contribution in [0.3, 0.4) is 0 Å². The van der Waals surface area contributed by atoms with Crippen LogP contribution in [-0.2, 0) is 30.4 Å². The van der Waals surface area contributed by atoms with Crippen molar-refractivity contribution in [2.24, 2.45) is 5.92 Å². The smallest absolute Gasteiger partial charge is 0.313 e. The van der Waals surface area contributed by atoms with Gasteiger partial charge in [-0.2, -0.15) is 5.06 Å². The van der Waals surface area contributed by atoms with Crippen LogP contribution >= 0.6 is 0 Å². The number of nitrogens with zero attached hydrogens (tertiary/aromatic N) is 1. The van der Waals surface area contributed by atoms with Crippen molar-refractivity contribution in [3.05, 3.63) is 35.9 Å². The van der Waals surface area contributed by atoms with E-state index < -0.39 is 5.79 Å². The molecular formula is C20H25NO5. The van der Waals surface area contributed by atoms with Crippen molar-refractivity contribution in [1.29, 1.82) is 0 Å². The Balaban J connectivity index is 1.33. The summed E-state index contributed by atoms with van der Waals surface area (Å²) in [6.45, 7) is 1.50. The lowest BCUT2D eigenvalue weighted by molar-refractivity contribution is -0.229. The predicted octanol–water partition coefficient (Wildman–Crippen LogP) is 2.42. The zero-order valence-electron chi connectivity index (χ0n) is 14.8. The van der Waals surface area contributed by atoms with Crippen molar-refractivity contribution < 1.29 is 23.8 Å². The Morgan fingerprint density at radius 3 is 2.69 bits per heavy atom. The van der Waals surface area contributed by atoms with E-state index in [4.69, 9.17) is 19.0 Å². The fourth-order valence-corrected chi connectivity index (χ4v) is 4.75. The Morgan fingerprint density at radius 2 is 1.88 bits per heavy atom. The molecule has 26 heavy (non-hydrogen) atoms. The van der Waals surface area contributed by atoms with Crippen LogP contribution in [0.1, 0.15) is 37.7 Å². The van der Waals surface area contributed by atoms with Crippen LogP contribution in [0.4, 0.5) is 0 Å². The number of fused-ring (bicyclic) bond motifs is 1. The molecule has 1 saturated carbocycles. The van der Waals surface area contributed by atoms with E-state index in [9.17, 15) is 4.79 Å². The molecular weight excluding hydrogens is 334 g/mol. The zero-order valence-corrected chi connectivity index (χ0v) is 14.8. The highest BCUT2D eigenvalue weighted by Gasteiger charge is 2.58. The second-order valence-electron chi connectivity index (χ2n) is 7.79. The molecule has 1 spiro atoms. The number of cyclic esters (lactones) is 1. The van der Waals surface area contributed by atoms with Gasteiger partial charge in [-0.05, 0) is 18.4 Å². The molecule has 140 valence electrons. The summed E-state index contributed by atoms with van der Waals surface area (Å²) in [4.78, 5) is 18.6. The van der Waals surface area contributed by atoms with Gasteiger partial charge in [-0.3, -0.25) is 9.63 Å². The van der Waals surface area contributed by atoms with E-state index in [-0.39, 0.29) is 30.1 Å². The summed E-state index contributed by atoms with van der Waals surface area (Å²) >= 11 is 0. The van der Waals surface area contributed by atoms with Crippen molar-refractivity contribution in [2.75, 3.05) is 13.2 Å². The van der Waals surface area contributed by atoms with Gasteiger partial charge in [-0.25, -0.2) is 0 Å². The second-order valence-corrected chi connectivity index (χ2v) is 7.79. The minimum atomic E-state index is -0.461. The minimum Gasteiger partial charge on any atom is -0.464 e. The molecule has 6 heteroatoms. The van der Waals surface area contributed by atoms with Crippen LogP contribution in [-0.4, -0.2) is 48.3 Å². The van der Waals surface area contributed by atoms with Gasteiger partial charge in [-0.15, -0.1) is 0 Å². The van der Waals surface area contributed by atoms with Crippen molar-refractivity contribution in [3.8, 4) is 0 Å². The third-order valence-electron chi connectivity index (χ3n) is 6.10. The molecule has 6 nitrogen and oxygen atoms in total. The van der Waals surface area contributed by atoms with Crippen LogP contribution < -0.4 is 0 Å². The maximum atomic E-state index is 12.4. The zero-order chi connectivity index (χ0) is 17.6. The van der Waals surface area contributed by atoms with E-state index in [0.717, 1.165) is 31.2 Å². The number of ether oxygens (including phenoxy) is 3. The number of hydrogen-bond acceptors (Lipinski definition) is 6. The maximum Gasteiger partial charge on any atom is 0.313 e. The Labute approximate surface area is 153 Å². The molecule has 5 rings (SSSR count). The summed E-state index contributed by atoms with van der Waals surface area (Å²) in [6.07, 6.45) is 4.82. The van der Waals surface area contributed by atoms with Gasteiger partial charge in [0.15, 0.2) is 5.79 Å². The van der Waals surface area contributed by atoms with E-state index >= 15 is 0 Å². The summed E-state index contributed by atoms with van der Waals surface area (Å²) in [5.41, 5.74) is 1.15. The highest BCUT2D eigenvalue weighted by molar-refractivity contribution is 5.76. The third kappa shape index (κ3) is 2.85. The van der Waals surface area contributed by atoms with E-state index in [1.54, 1.807) is 0 Å². The Morgan fingerprint density at radius 1 is 1.08 bits per heavy atom. The average molecular weight is 359 g/mol. The van der Waals surface area contributed by atoms with Gasteiger partial charge < -0.3 is 14.2 Å². The quantitative estimate of drug-likeness (QED) is 0.773. The highest BCUT2D eigenvalue weighted by atomic mass is 16.8. The van der Waals surface area contributed by atoms with Gasteiger partial charge in [0.25, 0.3) is 0 Å². The first-order chi connectivity index (χ1) is 12.7. The lowest BCUT2D eigenvalue weighted by Crippen LogP contribution is -2.40. The Bertz CT molecular complexity index is 659. The van der Waals surface area contributed by atoms with Crippen molar-refractivity contribution in [1.82, 2.24) is 5.06 Å². The molecule has 4 atom stereocenters. The van der Waals surface area contributed by atoms with E-state index in [1.165, 1.54) is 6.42 Å². The number of hydroxylamine groups is 2. The van der Waals surface area contributed by atoms with Gasteiger partial charge >= 0.3 is 5.97 Å². The molecule has 0 amide bonds. The molecule has 0 unspecified atom stereocenters. The van der Waals surface area contributed by atoms with Crippen LogP contribution in [0.5, 0.6) is 0 Å². The number of esters is 1. The van der Waals surface area contributed by atoms with Crippen LogP contribution in [0.15, 0.2) is 30.3 Å². The normalized spacial score (nSPS) is 36.4. The molecule has 1 aliphatic carbocycles. The number of rotatable bonds is 3. The fraction of sp³-hybridized carbons (Fsp3) is 0.650. The van der Waals surface area contributed by atoms with E-state index in [0.29, 0.717) is 19.8 Å². The van der Waals surface area contributed by atoms with Gasteiger partial charge in [0.1, 0.15) is 24.7 Å². The van der Waals surface area contributed by atoms with Crippen LogP contribution in [0.25, 0.3) is 0 Å². The number of benzene rings is 1. The lowest BCUT2D eigenvalue weighted by Gasteiger charge is -2.32. The molecule has 4 aliphatic rings. The van der Waals surface area contributed by atoms with Gasteiger partial charge in [0, 0.05) is 19.4 Å². The number of carbonyl (C=O) groups is 1. The largest absolute Gasteiger partial charge is 0.464 e. The molecule has 0 bridgehead atoms. The topological polar surface area (TPSA) is 57.2 Å². The van der Waals surface area contributed by atoms with Crippen molar-refractivity contribution in [2.45, 2.75) is 62.7 Å². The Hall–Kier alpha value is -1.47. The summed E-state index contributed by atoms with van der Waals surface area (Å²) in [5.74, 6) is -0.938. The summed E-state index contributed by atoms with van der Waals surface area (Å²) in [5, 5.41) is 1.91. The SMILES string of the molecule is O=C1OC[C@@H]2[C@H]1[C@@H]([C@H]1COC3(CCCCC3)O1)ON2Cc1ccccc1. The monoisotopic (exact) mass is 359 g/mol. The van der Waals surface area contributed by atoms with Crippen LogP contribution in [0.2, 0.25) is 0 Å². The minimum absolute atomic E-state index is 0.0563. The molecule has 0 radical (unpaired) electrons. The first kappa shape index (κ1) is 16.7. The second kappa shape index (κ2) is 6.60. The fourth-order valence-electron chi connectivity index (χ4n) is 4.75. The third-order valence-corrected chi connectivity index (χ3v) is 6.10. The molecule has 1 aromatic rings. The first-order valence-electron chi connectivity index (χ1n) is 9.70. The molecule has 3 heterocycles. The molecule has 3 aliphatic heterocycles. The van der Waals surface area contributed by atoms with E-state index in [1.807, 2.05) is 23.3 Å². The van der Waals surface area contributed by atoms with Gasteiger partial charge in [-0.1, -0.05) is 36.8 Å². The molecule has 4 fully saturated rings. The average Bonchev–Trinajstić information content (AvgIpc) is 3.34. The standard InChI is InChI=1S/C20H25NO5/c22-19-17-15(12-23-19)21(11-14-7-3-1-4-8-14)26-18(17)16-13-24-20(25-16)9-5-2-6-10-20/h1,3-4,7-8,15-18H,2,5-6,9-13H2/t15-,16-,17+,18-/m1/s1. The summed E-state index contributed by atoms with van der Waals surface area (Å²) in [6, 6.07) is 10.1. The van der Waals surface area contributed by atoms with Crippen molar-refractivity contribution >= 4 is 5.97 Å². The lowest BCUT2D eigenvalue weighted by atomic mass is 9.93. The van der Waals surface area contributed by atoms with Gasteiger partial charge in [0.2, 0.25) is 0 Å². The highest BCUT2D eigenvalue weighted by Crippen LogP contribution is 2.43. The molecule has 3 saturated heterocycles. The van der Waals surface area contributed by atoms with Gasteiger partial charge in [0.05, 0.1) is 12.6 Å². The summed E-state index contributed by atoms with van der Waals surface area (Å²) in [7, 11) is 0. The first-order valence-corrected chi connectivity index (χ1v) is 9.70. The molecule has 0 N–H and O–H groups in total. The molecule has 1 aromatic carbocycles. The molecule has 0 aromatic heterocycles. The van der Waals surface area contributed by atoms with E-state index in [2.05, 4.69) is 12.1 Å². The number of hydrogen-bond donors (Lipinski definition) is 0. The predicted molar refractivity (Wildman–Crippen MR) is 91.7 cm³/mol. The van der Waals surface area contributed by atoms with Crippen molar-refractivity contribution in [3.63, 3.8) is 0 Å². The van der Waals surface area contributed by atoms with Crippen LogP contribution in [0, 0.1) is 5.92 Å².